The van der Waals surface area contributed by atoms with E-state index in [0.717, 1.165) is 35.4 Å². The Morgan fingerprint density at radius 3 is 2.91 bits per heavy atom. The molecule has 1 aromatic carbocycles. The predicted octanol–water partition coefficient (Wildman–Crippen LogP) is 2.16. The molecule has 1 aromatic heterocycles. The first-order valence-corrected chi connectivity index (χ1v) is 6.78. The van der Waals surface area contributed by atoms with Gasteiger partial charge in [0.2, 0.25) is 0 Å². The van der Waals surface area contributed by atoms with Crippen LogP contribution in [0.2, 0.25) is 0 Å². The lowest BCUT2D eigenvalue weighted by molar-refractivity contribution is -0.126. The number of hydrogen-bond acceptors (Lipinski definition) is 4. The summed E-state index contributed by atoms with van der Waals surface area (Å²) in [5.74, 6) is 0.741. The molecule has 122 valence electrons. The van der Waals surface area contributed by atoms with Gasteiger partial charge >= 0.3 is 0 Å². The van der Waals surface area contributed by atoms with E-state index in [1.165, 1.54) is 0 Å². The summed E-state index contributed by atoms with van der Waals surface area (Å²) < 4.78 is 5.58. The minimum Gasteiger partial charge on any atom is -0.364 e. The number of carbonyl (C=O) groups excluding carboxylic acids is 1. The van der Waals surface area contributed by atoms with Crippen LogP contribution >= 0.6 is 24.8 Å². The molecule has 0 bridgehead atoms. The van der Waals surface area contributed by atoms with Crippen LogP contribution in [-0.2, 0) is 9.53 Å². The van der Waals surface area contributed by atoms with Crippen LogP contribution in [0.1, 0.15) is 18.7 Å². The molecule has 1 aliphatic rings. The molecule has 0 aliphatic carbocycles. The average molecular weight is 347 g/mol. The van der Waals surface area contributed by atoms with Crippen molar-refractivity contribution in [2.45, 2.75) is 32.0 Å². The van der Waals surface area contributed by atoms with E-state index in [-0.39, 0.29) is 36.8 Å². The van der Waals surface area contributed by atoms with Gasteiger partial charge in [0, 0.05) is 12.2 Å². The van der Waals surface area contributed by atoms with Crippen molar-refractivity contribution in [3.8, 4) is 0 Å². The van der Waals surface area contributed by atoms with Crippen molar-refractivity contribution < 1.29 is 9.53 Å². The van der Waals surface area contributed by atoms with Gasteiger partial charge < -0.3 is 20.8 Å². The zero-order valence-electron chi connectivity index (χ0n) is 12.2. The lowest BCUT2D eigenvalue weighted by atomic mass is 10.2. The summed E-state index contributed by atoms with van der Waals surface area (Å²) in [6.45, 7) is 2.36. The number of anilines is 1. The van der Waals surface area contributed by atoms with Crippen LogP contribution in [0.3, 0.4) is 0 Å². The molecule has 3 rings (SSSR count). The molecular weight excluding hydrogens is 327 g/mol. The minimum atomic E-state index is -0.400. The van der Waals surface area contributed by atoms with Gasteiger partial charge in [0.05, 0.1) is 17.1 Å². The van der Waals surface area contributed by atoms with E-state index >= 15 is 0 Å². The van der Waals surface area contributed by atoms with Gasteiger partial charge in [-0.05, 0) is 38.0 Å². The molecule has 1 fully saturated rings. The van der Waals surface area contributed by atoms with Crippen molar-refractivity contribution in [3.05, 3.63) is 24.0 Å². The summed E-state index contributed by atoms with van der Waals surface area (Å²) in [5, 5.41) is 2.88. The van der Waals surface area contributed by atoms with Gasteiger partial charge in [0.25, 0.3) is 5.91 Å². The standard InChI is InChI=1S/C14H18N4O2.2ClH/c1-8-16-11-4-2-9(6-12(11)17-8)18-14(19)13-5-3-10(7-15)20-13;;/h2,4,6,10,13H,3,5,7,15H2,1H3,(H,16,17)(H,18,19);2*1H/t10-,13+;;/m1../s1. The number of aromatic amines is 1. The van der Waals surface area contributed by atoms with Gasteiger partial charge in [-0.1, -0.05) is 0 Å². The maximum Gasteiger partial charge on any atom is 0.253 e. The number of amides is 1. The molecule has 8 heteroatoms. The molecule has 2 aromatic rings. The molecule has 0 spiro atoms. The second kappa shape index (κ2) is 7.78. The number of benzene rings is 1. The number of aromatic nitrogens is 2. The van der Waals surface area contributed by atoms with E-state index in [0.29, 0.717) is 6.54 Å². The third-order valence-electron chi connectivity index (χ3n) is 3.53. The molecular formula is C14H20Cl2N4O2. The van der Waals surface area contributed by atoms with Crippen LogP contribution in [0.15, 0.2) is 18.2 Å². The fraction of sp³-hybridized carbons (Fsp3) is 0.429. The molecule has 1 saturated heterocycles. The zero-order valence-corrected chi connectivity index (χ0v) is 13.8. The van der Waals surface area contributed by atoms with E-state index < -0.39 is 6.10 Å². The number of rotatable bonds is 3. The van der Waals surface area contributed by atoms with Crippen molar-refractivity contribution >= 4 is 47.4 Å². The summed E-state index contributed by atoms with van der Waals surface area (Å²) in [5.41, 5.74) is 8.09. The monoisotopic (exact) mass is 346 g/mol. The number of nitrogens with two attached hydrogens (primary N) is 1. The Morgan fingerprint density at radius 1 is 1.45 bits per heavy atom. The number of fused-ring (bicyclic) bond motifs is 1. The highest BCUT2D eigenvalue weighted by Crippen LogP contribution is 2.22. The Balaban J connectivity index is 0.00000121. The number of imidazole rings is 1. The van der Waals surface area contributed by atoms with Crippen LogP contribution in [0.4, 0.5) is 5.69 Å². The van der Waals surface area contributed by atoms with Gasteiger partial charge in [0.1, 0.15) is 11.9 Å². The highest BCUT2D eigenvalue weighted by atomic mass is 35.5. The van der Waals surface area contributed by atoms with E-state index in [9.17, 15) is 4.79 Å². The molecule has 2 heterocycles. The summed E-state index contributed by atoms with van der Waals surface area (Å²) in [6, 6.07) is 5.60. The zero-order chi connectivity index (χ0) is 14.1. The van der Waals surface area contributed by atoms with Crippen LogP contribution < -0.4 is 11.1 Å². The third kappa shape index (κ3) is 3.89. The minimum absolute atomic E-state index is 0. The first kappa shape index (κ1) is 18.7. The fourth-order valence-corrected chi connectivity index (χ4v) is 2.51. The van der Waals surface area contributed by atoms with Crippen molar-refractivity contribution in [1.82, 2.24) is 9.97 Å². The maximum absolute atomic E-state index is 12.1. The number of nitrogens with zero attached hydrogens (tertiary/aromatic N) is 1. The highest BCUT2D eigenvalue weighted by Gasteiger charge is 2.29. The number of halogens is 2. The van der Waals surface area contributed by atoms with E-state index in [1.54, 1.807) is 0 Å². The van der Waals surface area contributed by atoms with Crippen molar-refractivity contribution in [3.63, 3.8) is 0 Å². The Bertz CT molecular complexity index is 647. The Morgan fingerprint density at radius 2 is 2.23 bits per heavy atom. The van der Waals surface area contributed by atoms with Gasteiger partial charge in [-0.15, -0.1) is 24.8 Å². The Labute approximate surface area is 141 Å². The van der Waals surface area contributed by atoms with E-state index in [1.807, 2.05) is 25.1 Å². The first-order chi connectivity index (χ1) is 9.65. The van der Waals surface area contributed by atoms with Crippen LogP contribution in [0.25, 0.3) is 11.0 Å². The second-order valence-electron chi connectivity index (χ2n) is 5.10. The lowest BCUT2D eigenvalue weighted by Crippen LogP contribution is -2.29. The van der Waals surface area contributed by atoms with Gasteiger partial charge in [-0.25, -0.2) is 4.98 Å². The molecule has 0 radical (unpaired) electrons. The number of ether oxygens (including phenoxy) is 1. The summed E-state index contributed by atoms with van der Waals surface area (Å²) >= 11 is 0. The Hall–Kier alpha value is -1.34. The molecule has 6 nitrogen and oxygen atoms in total. The van der Waals surface area contributed by atoms with Crippen molar-refractivity contribution in [2.75, 3.05) is 11.9 Å². The quantitative estimate of drug-likeness (QED) is 0.793. The molecule has 0 unspecified atom stereocenters. The number of H-pyrrole nitrogens is 1. The summed E-state index contributed by atoms with van der Waals surface area (Å²) in [7, 11) is 0. The molecule has 4 N–H and O–H groups in total. The normalized spacial score (nSPS) is 20.3. The number of aryl methyl sites for hydroxylation is 1. The van der Waals surface area contributed by atoms with Crippen LogP contribution in [0, 0.1) is 6.92 Å². The molecule has 0 saturated carbocycles. The number of hydrogen-bond donors (Lipinski definition) is 3. The molecule has 1 aliphatic heterocycles. The second-order valence-corrected chi connectivity index (χ2v) is 5.10. The first-order valence-electron chi connectivity index (χ1n) is 6.78. The van der Waals surface area contributed by atoms with Crippen molar-refractivity contribution in [2.24, 2.45) is 5.73 Å². The number of nitrogens with one attached hydrogen (secondary N) is 2. The average Bonchev–Trinajstić information content (AvgIpc) is 3.03. The summed E-state index contributed by atoms with van der Waals surface area (Å²) in [6.07, 6.45) is 1.16. The lowest BCUT2D eigenvalue weighted by Gasteiger charge is -2.12. The Kier molecular flexibility index (Phi) is 6.62. The number of carbonyl (C=O) groups is 1. The summed E-state index contributed by atoms with van der Waals surface area (Å²) in [4.78, 5) is 19.6. The fourth-order valence-electron chi connectivity index (χ4n) is 2.51. The van der Waals surface area contributed by atoms with Gasteiger partial charge in [-0.2, -0.15) is 0 Å². The smallest absolute Gasteiger partial charge is 0.253 e. The predicted molar refractivity (Wildman–Crippen MR) is 90.9 cm³/mol. The van der Waals surface area contributed by atoms with Crippen LogP contribution in [0.5, 0.6) is 0 Å². The molecule has 22 heavy (non-hydrogen) atoms. The van der Waals surface area contributed by atoms with Gasteiger partial charge in [-0.3, -0.25) is 4.79 Å². The molecule has 1 amide bonds. The maximum atomic E-state index is 12.1. The van der Waals surface area contributed by atoms with E-state index in [4.69, 9.17) is 10.5 Å². The van der Waals surface area contributed by atoms with Crippen LogP contribution in [-0.4, -0.2) is 34.6 Å². The highest BCUT2D eigenvalue weighted by molar-refractivity contribution is 5.96. The third-order valence-corrected chi connectivity index (χ3v) is 3.53. The van der Waals surface area contributed by atoms with E-state index in [2.05, 4.69) is 15.3 Å². The SMILES string of the molecule is Cc1nc2ccc(NC(=O)[C@@H]3CC[C@H](CN)O3)cc2[nH]1.Cl.Cl. The van der Waals surface area contributed by atoms with Gasteiger partial charge in [0.15, 0.2) is 0 Å². The van der Waals surface area contributed by atoms with Crippen molar-refractivity contribution in [1.29, 1.82) is 0 Å². The largest absolute Gasteiger partial charge is 0.364 e. The topological polar surface area (TPSA) is 93.0 Å². The molecule has 2 atom stereocenters.